The lowest BCUT2D eigenvalue weighted by Gasteiger charge is -2.28. The minimum Gasteiger partial charge on any atom is -0.338 e. The number of anilines is 1. The molecule has 0 saturated carbocycles. The molecule has 0 amide bonds. The second kappa shape index (κ2) is 4.18. The molecular weight excluding hydrogens is 192 g/mol. The van der Waals surface area contributed by atoms with E-state index in [1.54, 1.807) is 0 Å². The van der Waals surface area contributed by atoms with Crippen molar-refractivity contribution in [2.45, 2.75) is 32.7 Å². The predicted molar refractivity (Wildman–Crippen MR) is 57.5 cm³/mol. The summed E-state index contributed by atoms with van der Waals surface area (Å²) >= 11 is 0. The summed E-state index contributed by atoms with van der Waals surface area (Å²) in [6.07, 6.45) is 2.39. The van der Waals surface area contributed by atoms with Crippen molar-refractivity contribution >= 4 is 5.95 Å². The van der Waals surface area contributed by atoms with E-state index in [1.165, 1.54) is 12.8 Å². The molecule has 5 heteroatoms. The molecule has 1 aromatic heterocycles. The second-order valence-electron chi connectivity index (χ2n) is 4.39. The van der Waals surface area contributed by atoms with Crippen molar-refractivity contribution in [3.63, 3.8) is 0 Å². The predicted octanol–water partition coefficient (Wildman–Crippen LogP) is 1.33. The first-order chi connectivity index (χ1) is 7.16. The van der Waals surface area contributed by atoms with Crippen LogP contribution in [-0.2, 0) is 0 Å². The van der Waals surface area contributed by atoms with E-state index in [1.807, 2.05) is 6.92 Å². The topological polar surface area (TPSA) is 68.2 Å². The SMILES string of the molecule is CC1CCN(c2noc([C@H](C)N)n2)CC1. The van der Waals surface area contributed by atoms with E-state index in [4.69, 9.17) is 10.3 Å². The van der Waals surface area contributed by atoms with Gasteiger partial charge < -0.3 is 15.2 Å². The number of rotatable bonds is 2. The number of nitrogens with two attached hydrogens (primary N) is 1. The highest BCUT2D eigenvalue weighted by Gasteiger charge is 2.20. The maximum Gasteiger partial charge on any atom is 0.266 e. The lowest BCUT2D eigenvalue weighted by atomic mass is 10.00. The van der Waals surface area contributed by atoms with Gasteiger partial charge in [-0.05, 0) is 30.8 Å². The third kappa shape index (κ3) is 2.28. The molecule has 0 bridgehead atoms. The fourth-order valence-corrected chi connectivity index (χ4v) is 1.75. The molecule has 0 aliphatic carbocycles. The molecular formula is C10H18N4O. The van der Waals surface area contributed by atoms with Crippen LogP contribution in [0, 0.1) is 5.92 Å². The molecule has 15 heavy (non-hydrogen) atoms. The van der Waals surface area contributed by atoms with Gasteiger partial charge in [-0.3, -0.25) is 0 Å². The van der Waals surface area contributed by atoms with E-state index in [0.717, 1.165) is 19.0 Å². The Labute approximate surface area is 89.6 Å². The Hall–Kier alpha value is -1.10. The molecule has 0 unspecified atom stereocenters. The summed E-state index contributed by atoms with van der Waals surface area (Å²) in [6.45, 7) is 6.15. The first-order valence-corrected chi connectivity index (χ1v) is 5.51. The zero-order valence-corrected chi connectivity index (χ0v) is 9.31. The number of hydrogen-bond donors (Lipinski definition) is 1. The first-order valence-electron chi connectivity index (χ1n) is 5.51. The van der Waals surface area contributed by atoms with Crippen molar-refractivity contribution in [1.82, 2.24) is 10.1 Å². The summed E-state index contributed by atoms with van der Waals surface area (Å²) in [5.41, 5.74) is 5.66. The highest BCUT2D eigenvalue weighted by atomic mass is 16.5. The van der Waals surface area contributed by atoms with E-state index < -0.39 is 0 Å². The molecule has 2 heterocycles. The van der Waals surface area contributed by atoms with Gasteiger partial charge in [0.25, 0.3) is 5.95 Å². The van der Waals surface area contributed by atoms with Crippen LogP contribution in [-0.4, -0.2) is 23.2 Å². The lowest BCUT2D eigenvalue weighted by Crippen LogP contribution is -2.33. The highest BCUT2D eigenvalue weighted by molar-refractivity contribution is 5.28. The normalized spacial score (nSPS) is 20.6. The Kier molecular flexibility index (Phi) is 2.90. The van der Waals surface area contributed by atoms with E-state index in [0.29, 0.717) is 11.8 Å². The van der Waals surface area contributed by atoms with E-state index in [-0.39, 0.29) is 6.04 Å². The van der Waals surface area contributed by atoms with Gasteiger partial charge in [0.2, 0.25) is 5.89 Å². The molecule has 2 rings (SSSR count). The maximum atomic E-state index is 5.66. The van der Waals surface area contributed by atoms with Crippen LogP contribution in [0.2, 0.25) is 0 Å². The Morgan fingerprint density at radius 3 is 2.67 bits per heavy atom. The summed E-state index contributed by atoms with van der Waals surface area (Å²) in [7, 11) is 0. The summed E-state index contributed by atoms with van der Waals surface area (Å²) in [5.74, 6) is 2.01. The minimum absolute atomic E-state index is 0.185. The molecule has 1 atom stereocenters. The molecule has 0 spiro atoms. The standard InChI is InChI=1S/C10H18N4O/c1-7-3-5-14(6-4-7)10-12-9(8(2)11)15-13-10/h7-8H,3-6,11H2,1-2H3/t8-/m0/s1. The number of nitrogens with zero attached hydrogens (tertiary/aromatic N) is 3. The Bertz CT molecular complexity index is 315. The molecule has 2 N–H and O–H groups in total. The van der Waals surface area contributed by atoms with Crippen LogP contribution in [0.25, 0.3) is 0 Å². The van der Waals surface area contributed by atoms with Crippen LogP contribution in [0.5, 0.6) is 0 Å². The number of piperidine rings is 1. The average molecular weight is 210 g/mol. The smallest absolute Gasteiger partial charge is 0.266 e. The quantitative estimate of drug-likeness (QED) is 0.797. The van der Waals surface area contributed by atoms with Gasteiger partial charge in [-0.1, -0.05) is 6.92 Å². The fraction of sp³-hybridized carbons (Fsp3) is 0.800. The summed E-state index contributed by atoms with van der Waals surface area (Å²) in [5, 5.41) is 3.95. The highest BCUT2D eigenvalue weighted by Crippen LogP contribution is 2.21. The van der Waals surface area contributed by atoms with Gasteiger partial charge in [0, 0.05) is 13.1 Å². The molecule has 1 saturated heterocycles. The van der Waals surface area contributed by atoms with Crippen LogP contribution in [0.1, 0.15) is 38.6 Å². The van der Waals surface area contributed by atoms with E-state index >= 15 is 0 Å². The fourth-order valence-electron chi connectivity index (χ4n) is 1.75. The Balaban J connectivity index is 2.03. The van der Waals surface area contributed by atoms with Gasteiger partial charge >= 0.3 is 0 Å². The third-order valence-corrected chi connectivity index (χ3v) is 2.89. The molecule has 0 aromatic carbocycles. The van der Waals surface area contributed by atoms with Crippen LogP contribution in [0.3, 0.4) is 0 Å². The van der Waals surface area contributed by atoms with Gasteiger partial charge in [0.05, 0.1) is 6.04 Å². The molecule has 1 aromatic rings. The van der Waals surface area contributed by atoms with Crippen molar-refractivity contribution in [3.05, 3.63) is 5.89 Å². The van der Waals surface area contributed by atoms with Gasteiger partial charge in [-0.2, -0.15) is 4.98 Å². The van der Waals surface area contributed by atoms with E-state index in [2.05, 4.69) is 22.0 Å². The largest absolute Gasteiger partial charge is 0.338 e. The first kappa shape index (κ1) is 10.4. The average Bonchev–Trinajstić information content (AvgIpc) is 2.68. The monoisotopic (exact) mass is 210 g/mol. The number of aromatic nitrogens is 2. The Morgan fingerprint density at radius 2 is 2.13 bits per heavy atom. The van der Waals surface area contributed by atoms with Gasteiger partial charge in [0.15, 0.2) is 0 Å². The molecule has 1 aliphatic heterocycles. The molecule has 5 nitrogen and oxygen atoms in total. The van der Waals surface area contributed by atoms with E-state index in [9.17, 15) is 0 Å². The van der Waals surface area contributed by atoms with Gasteiger partial charge in [-0.15, -0.1) is 0 Å². The van der Waals surface area contributed by atoms with Crippen LogP contribution < -0.4 is 10.6 Å². The molecule has 84 valence electrons. The Morgan fingerprint density at radius 1 is 1.47 bits per heavy atom. The van der Waals surface area contributed by atoms with Gasteiger partial charge in [0.1, 0.15) is 0 Å². The summed E-state index contributed by atoms with van der Waals surface area (Å²) in [4.78, 5) is 6.44. The van der Waals surface area contributed by atoms with Crippen molar-refractivity contribution in [3.8, 4) is 0 Å². The van der Waals surface area contributed by atoms with Crippen LogP contribution >= 0.6 is 0 Å². The molecule has 1 fully saturated rings. The lowest BCUT2D eigenvalue weighted by molar-refractivity contribution is 0.358. The van der Waals surface area contributed by atoms with Crippen LogP contribution in [0.4, 0.5) is 5.95 Å². The summed E-state index contributed by atoms with van der Waals surface area (Å²) in [6, 6.07) is -0.185. The van der Waals surface area contributed by atoms with Crippen molar-refractivity contribution in [2.24, 2.45) is 11.7 Å². The second-order valence-corrected chi connectivity index (χ2v) is 4.39. The minimum atomic E-state index is -0.185. The van der Waals surface area contributed by atoms with Crippen molar-refractivity contribution in [2.75, 3.05) is 18.0 Å². The molecule has 0 radical (unpaired) electrons. The van der Waals surface area contributed by atoms with Crippen molar-refractivity contribution in [1.29, 1.82) is 0 Å². The van der Waals surface area contributed by atoms with Crippen molar-refractivity contribution < 1.29 is 4.52 Å². The maximum absolute atomic E-state index is 5.66. The van der Waals surface area contributed by atoms with Crippen LogP contribution in [0.15, 0.2) is 4.52 Å². The zero-order valence-electron chi connectivity index (χ0n) is 9.31. The zero-order chi connectivity index (χ0) is 10.8. The third-order valence-electron chi connectivity index (χ3n) is 2.89. The summed E-state index contributed by atoms with van der Waals surface area (Å²) < 4.78 is 5.08. The molecule has 1 aliphatic rings. The van der Waals surface area contributed by atoms with Gasteiger partial charge in [-0.25, -0.2) is 0 Å². The number of hydrogen-bond acceptors (Lipinski definition) is 5.